The Hall–Kier alpha value is -2.15. The molecule has 0 saturated heterocycles. The van der Waals surface area contributed by atoms with E-state index >= 15 is 0 Å². The van der Waals surface area contributed by atoms with Crippen LogP contribution in [0.3, 0.4) is 0 Å². The minimum absolute atomic E-state index is 1.26. The van der Waals surface area contributed by atoms with Crippen LogP contribution < -0.4 is 0 Å². The molecule has 2 aromatic carbocycles. The fraction of sp³-hybridized carbons (Fsp3) is 0.250. The molecule has 0 atom stereocenters. The zero-order chi connectivity index (χ0) is 15.4. The minimum atomic E-state index is 1.26. The third kappa shape index (κ3) is 3.30. The van der Waals surface area contributed by atoms with Crippen molar-refractivity contribution in [3.63, 3.8) is 0 Å². The molecule has 0 aliphatic carbocycles. The van der Waals surface area contributed by atoms with Crippen LogP contribution in [0.2, 0.25) is 0 Å². The van der Waals surface area contributed by atoms with Crippen molar-refractivity contribution in [2.75, 3.05) is 7.05 Å². The molecule has 0 aromatic heterocycles. The molecule has 2 rings (SSSR count). The van der Waals surface area contributed by atoms with Crippen LogP contribution in [-0.2, 0) is 0 Å². The number of nitrogens with zero attached hydrogens (tertiary/aromatic N) is 1. The van der Waals surface area contributed by atoms with Crippen LogP contribution in [0.15, 0.2) is 60.3 Å². The predicted molar refractivity (Wildman–Crippen MR) is 92.0 cm³/mol. The molecule has 0 aliphatic rings. The minimum Gasteiger partial charge on any atom is -0.203 e. The molecular formula is C20H24N+. The Bertz CT molecular complexity index is 691. The highest BCUT2D eigenvalue weighted by Crippen LogP contribution is 2.22. The van der Waals surface area contributed by atoms with Crippen molar-refractivity contribution in [3.8, 4) is 11.1 Å². The largest absolute Gasteiger partial charge is 0.203 e. The molecule has 0 spiro atoms. The number of benzene rings is 2. The molecule has 1 heteroatoms. The first-order valence-corrected chi connectivity index (χ1v) is 7.41. The SMILES string of the molecule is CC=C(C)[N+](C)=C(C)c1cc(-c2ccccc2)ccc1C. The summed E-state index contributed by atoms with van der Waals surface area (Å²) < 4.78 is 2.25. The first kappa shape index (κ1) is 15.2. The molecule has 21 heavy (non-hydrogen) atoms. The monoisotopic (exact) mass is 278 g/mol. The predicted octanol–water partition coefficient (Wildman–Crippen LogP) is 5.04. The molecule has 0 fully saturated rings. The normalized spacial score (nSPS) is 13.1. The van der Waals surface area contributed by atoms with Gasteiger partial charge in [-0.05, 0) is 42.7 Å². The van der Waals surface area contributed by atoms with Gasteiger partial charge in [0.1, 0.15) is 7.05 Å². The third-order valence-corrected chi connectivity index (χ3v) is 4.18. The van der Waals surface area contributed by atoms with E-state index in [2.05, 4.69) is 93.9 Å². The fourth-order valence-corrected chi connectivity index (χ4v) is 2.46. The summed E-state index contributed by atoms with van der Waals surface area (Å²) in [5.74, 6) is 0. The number of allylic oxidation sites excluding steroid dienone is 2. The van der Waals surface area contributed by atoms with E-state index in [1.807, 2.05) is 0 Å². The van der Waals surface area contributed by atoms with E-state index in [1.54, 1.807) is 0 Å². The van der Waals surface area contributed by atoms with Gasteiger partial charge in [-0.3, -0.25) is 0 Å². The molecule has 0 radical (unpaired) electrons. The van der Waals surface area contributed by atoms with Crippen LogP contribution in [0.1, 0.15) is 31.9 Å². The summed E-state index contributed by atoms with van der Waals surface area (Å²) in [6.45, 7) is 8.57. The average molecular weight is 278 g/mol. The second-order valence-corrected chi connectivity index (χ2v) is 5.47. The van der Waals surface area contributed by atoms with Crippen LogP contribution in [0.5, 0.6) is 0 Å². The summed E-state index contributed by atoms with van der Waals surface area (Å²) in [5, 5.41) is 0. The average Bonchev–Trinajstić information content (AvgIpc) is 2.54. The van der Waals surface area contributed by atoms with Crippen molar-refractivity contribution in [1.82, 2.24) is 0 Å². The molecule has 1 nitrogen and oxygen atoms in total. The van der Waals surface area contributed by atoms with Crippen molar-refractivity contribution in [2.45, 2.75) is 27.7 Å². The summed E-state index contributed by atoms with van der Waals surface area (Å²) in [6, 6.07) is 17.2. The lowest BCUT2D eigenvalue weighted by atomic mass is 9.97. The molecule has 0 heterocycles. The van der Waals surface area contributed by atoms with Crippen molar-refractivity contribution in [1.29, 1.82) is 0 Å². The van der Waals surface area contributed by atoms with Gasteiger partial charge in [0.25, 0.3) is 0 Å². The van der Waals surface area contributed by atoms with Crippen LogP contribution in [-0.4, -0.2) is 17.3 Å². The van der Waals surface area contributed by atoms with Gasteiger partial charge < -0.3 is 0 Å². The van der Waals surface area contributed by atoms with Gasteiger partial charge in [0.05, 0.1) is 0 Å². The van der Waals surface area contributed by atoms with Crippen LogP contribution >= 0.6 is 0 Å². The highest BCUT2D eigenvalue weighted by molar-refractivity contribution is 5.97. The van der Waals surface area contributed by atoms with Gasteiger partial charge >= 0.3 is 0 Å². The summed E-state index contributed by atoms with van der Waals surface area (Å²) in [4.78, 5) is 0. The number of aryl methyl sites for hydroxylation is 1. The Morgan fingerprint density at radius 1 is 0.952 bits per heavy atom. The maximum absolute atomic E-state index is 2.29. The number of rotatable bonds is 3. The third-order valence-electron chi connectivity index (χ3n) is 4.18. The van der Waals surface area contributed by atoms with Gasteiger partial charge in [-0.2, -0.15) is 0 Å². The van der Waals surface area contributed by atoms with Crippen LogP contribution in [0.25, 0.3) is 11.1 Å². The highest BCUT2D eigenvalue weighted by atomic mass is 15.0. The molecule has 108 valence electrons. The van der Waals surface area contributed by atoms with Gasteiger partial charge in [-0.1, -0.05) is 42.5 Å². The van der Waals surface area contributed by atoms with Gasteiger partial charge in [-0.25, -0.2) is 4.58 Å². The van der Waals surface area contributed by atoms with E-state index in [0.29, 0.717) is 0 Å². The lowest BCUT2D eigenvalue weighted by molar-refractivity contribution is -0.443. The Morgan fingerprint density at radius 3 is 2.24 bits per heavy atom. The zero-order valence-corrected chi connectivity index (χ0v) is 13.6. The lowest BCUT2D eigenvalue weighted by Crippen LogP contribution is -2.15. The summed E-state index contributed by atoms with van der Waals surface area (Å²) in [5.41, 5.74) is 7.68. The zero-order valence-electron chi connectivity index (χ0n) is 13.6. The van der Waals surface area contributed by atoms with Crippen LogP contribution in [0.4, 0.5) is 0 Å². The van der Waals surface area contributed by atoms with E-state index < -0.39 is 0 Å². The van der Waals surface area contributed by atoms with Gasteiger partial charge in [0.15, 0.2) is 11.4 Å². The van der Waals surface area contributed by atoms with E-state index in [-0.39, 0.29) is 0 Å². The Labute approximate surface area is 128 Å². The summed E-state index contributed by atoms with van der Waals surface area (Å²) in [6.07, 6.45) is 2.14. The topological polar surface area (TPSA) is 3.01 Å². The smallest absolute Gasteiger partial charge is 0.185 e. The molecule has 2 aromatic rings. The Kier molecular flexibility index (Phi) is 4.74. The summed E-state index contributed by atoms with van der Waals surface area (Å²) in [7, 11) is 2.12. The molecule has 0 saturated carbocycles. The van der Waals surface area contributed by atoms with Crippen molar-refractivity contribution < 1.29 is 4.58 Å². The van der Waals surface area contributed by atoms with E-state index in [9.17, 15) is 0 Å². The first-order valence-electron chi connectivity index (χ1n) is 7.41. The quantitative estimate of drug-likeness (QED) is 0.547. The molecule has 0 aliphatic heterocycles. The molecular weight excluding hydrogens is 254 g/mol. The summed E-state index contributed by atoms with van der Waals surface area (Å²) >= 11 is 0. The highest BCUT2D eigenvalue weighted by Gasteiger charge is 2.13. The lowest BCUT2D eigenvalue weighted by Gasteiger charge is -2.09. The van der Waals surface area contributed by atoms with E-state index in [0.717, 1.165) is 0 Å². The van der Waals surface area contributed by atoms with Gasteiger partial charge in [0.2, 0.25) is 0 Å². The Balaban J connectivity index is 2.55. The first-order chi connectivity index (χ1) is 10.0. The van der Waals surface area contributed by atoms with Crippen molar-refractivity contribution in [3.05, 3.63) is 71.4 Å². The molecule has 0 N–H and O–H groups in total. The maximum Gasteiger partial charge on any atom is 0.185 e. The molecule has 0 amide bonds. The molecule has 0 unspecified atom stereocenters. The van der Waals surface area contributed by atoms with E-state index in [4.69, 9.17) is 0 Å². The van der Waals surface area contributed by atoms with Gasteiger partial charge in [-0.15, -0.1) is 0 Å². The van der Waals surface area contributed by atoms with Crippen molar-refractivity contribution in [2.24, 2.45) is 0 Å². The van der Waals surface area contributed by atoms with E-state index in [1.165, 1.54) is 33.7 Å². The van der Waals surface area contributed by atoms with Crippen LogP contribution in [0, 0.1) is 6.92 Å². The second-order valence-electron chi connectivity index (χ2n) is 5.47. The maximum atomic E-state index is 2.29. The van der Waals surface area contributed by atoms with Gasteiger partial charge in [0, 0.05) is 19.4 Å². The molecule has 0 bridgehead atoms. The number of hydrogen-bond acceptors (Lipinski definition) is 0. The fourth-order valence-electron chi connectivity index (χ4n) is 2.46. The Morgan fingerprint density at radius 2 is 1.62 bits per heavy atom. The van der Waals surface area contributed by atoms with Crippen molar-refractivity contribution >= 4 is 5.71 Å². The second kappa shape index (κ2) is 6.53. The number of hydrogen-bond donors (Lipinski definition) is 0. The standard InChI is InChI=1S/C20H24N/c1-6-16(3)21(5)17(4)20-14-19(13-12-15(20)2)18-10-8-7-9-11-18/h6-14H,1-5H3/q+1.